The number of hydrogen-bond donors (Lipinski definition) is 3. The Morgan fingerprint density at radius 2 is 1.97 bits per heavy atom. The number of carbonyl (C=O) groups excluding carboxylic acids is 1. The van der Waals surface area contributed by atoms with Crippen LogP contribution in [-0.2, 0) is 16.0 Å². The van der Waals surface area contributed by atoms with Crippen molar-refractivity contribution in [2.24, 2.45) is 0 Å². The molecule has 31 heavy (non-hydrogen) atoms. The minimum Gasteiger partial charge on any atom is -0.490 e. The lowest BCUT2D eigenvalue weighted by Gasteiger charge is -2.27. The summed E-state index contributed by atoms with van der Waals surface area (Å²) in [6, 6.07) is 13.5. The molecular weight excluding hydrogens is 396 g/mol. The molecule has 0 saturated heterocycles. The van der Waals surface area contributed by atoms with E-state index < -0.39 is 5.97 Å². The van der Waals surface area contributed by atoms with Gasteiger partial charge in [-0.1, -0.05) is 25.3 Å². The van der Waals surface area contributed by atoms with E-state index in [4.69, 9.17) is 14.6 Å². The molecule has 0 bridgehead atoms. The smallest absolute Gasteiger partial charge is 0.307 e. The lowest BCUT2D eigenvalue weighted by molar-refractivity contribution is -0.136. The Labute approximate surface area is 180 Å². The zero-order valence-corrected chi connectivity index (χ0v) is 17.0. The highest BCUT2D eigenvalue weighted by Crippen LogP contribution is 2.18. The van der Waals surface area contributed by atoms with Gasteiger partial charge >= 0.3 is 5.97 Å². The predicted octanol–water partition coefficient (Wildman–Crippen LogP) is 3.52. The van der Waals surface area contributed by atoms with Gasteiger partial charge in [0.15, 0.2) is 0 Å². The maximum atomic E-state index is 12.5. The first kappa shape index (κ1) is 21.7. The molecule has 0 fully saturated rings. The maximum Gasteiger partial charge on any atom is 0.307 e. The molecule has 2 aromatic rings. The van der Waals surface area contributed by atoms with Crippen LogP contribution in [0.4, 0.5) is 5.69 Å². The van der Waals surface area contributed by atoms with Crippen LogP contribution in [0, 0.1) is 0 Å². The van der Waals surface area contributed by atoms with Crippen LogP contribution in [0.5, 0.6) is 5.75 Å². The van der Waals surface area contributed by atoms with Gasteiger partial charge in [-0.05, 0) is 54.1 Å². The number of allylic oxidation sites excluding steroid dienone is 2. The maximum absolute atomic E-state index is 12.5. The van der Waals surface area contributed by atoms with E-state index in [1.807, 2.05) is 0 Å². The quantitative estimate of drug-likeness (QED) is 0.574. The third-order valence-electron chi connectivity index (χ3n) is 4.56. The number of aliphatic carboxylic acids is 1. The van der Waals surface area contributed by atoms with E-state index in [-0.39, 0.29) is 18.4 Å². The molecule has 3 rings (SSSR count). The average Bonchev–Trinajstić information content (AvgIpc) is 2.77. The van der Waals surface area contributed by atoms with Gasteiger partial charge in [-0.2, -0.15) is 0 Å². The third kappa shape index (κ3) is 5.99. The number of carboxylic acids is 1. The summed E-state index contributed by atoms with van der Waals surface area (Å²) in [6.45, 7) is 8.38. The lowest BCUT2D eigenvalue weighted by atomic mass is 10.1. The van der Waals surface area contributed by atoms with Gasteiger partial charge in [0.05, 0.1) is 18.7 Å². The van der Waals surface area contributed by atoms with Crippen LogP contribution in [0.25, 0.3) is 0 Å². The van der Waals surface area contributed by atoms with E-state index in [0.29, 0.717) is 41.5 Å². The monoisotopic (exact) mass is 420 g/mol. The number of carbonyl (C=O) groups is 2. The summed E-state index contributed by atoms with van der Waals surface area (Å²) < 4.78 is 11.6. The van der Waals surface area contributed by atoms with Crippen LogP contribution in [0.1, 0.15) is 15.9 Å². The van der Waals surface area contributed by atoms with Crippen molar-refractivity contribution in [3.63, 3.8) is 0 Å². The third-order valence-corrected chi connectivity index (χ3v) is 4.56. The number of anilines is 1. The fourth-order valence-electron chi connectivity index (χ4n) is 3.05. The van der Waals surface area contributed by atoms with E-state index in [1.165, 1.54) is 0 Å². The standard InChI is InChI=1S/C24H24N2O5/c1-3-21-22(4-2)31-20(14-25-21)15-30-19-10-8-17(9-11-19)24(29)26-18-7-5-6-16(12-18)13-23(27)28/h3-12,20,25H,1-2,13-15H2,(H,26,29)(H,27,28). The van der Waals surface area contributed by atoms with Crippen LogP contribution in [0.3, 0.4) is 0 Å². The summed E-state index contributed by atoms with van der Waals surface area (Å²) in [7, 11) is 0. The van der Waals surface area contributed by atoms with Crippen molar-refractivity contribution in [3.8, 4) is 5.75 Å². The zero-order valence-electron chi connectivity index (χ0n) is 17.0. The molecule has 1 unspecified atom stereocenters. The highest BCUT2D eigenvalue weighted by Gasteiger charge is 2.19. The van der Waals surface area contributed by atoms with Crippen molar-refractivity contribution in [2.45, 2.75) is 12.5 Å². The van der Waals surface area contributed by atoms with Crippen molar-refractivity contribution >= 4 is 17.6 Å². The molecule has 7 nitrogen and oxygen atoms in total. The van der Waals surface area contributed by atoms with E-state index in [1.54, 1.807) is 60.7 Å². The van der Waals surface area contributed by atoms with E-state index in [2.05, 4.69) is 23.8 Å². The first-order valence-corrected chi connectivity index (χ1v) is 9.73. The van der Waals surface area contributed by atoms with Gasteiger partial charge in [0.2, 0.25) is 0 Å². The van der Waals surface area contributed by atoms with Crippen LogP contribution in [0.2, 0.25) is 0 Å². The Morgan fingerprint density at radius 3 is 2.65 bits per heavy atom. The fourth-order valence-corrected chi connectivity index (χ4v) is 3.05. The molecule has 7 heteroatoms. The van der Waals surface area contributed by atoms with Crippen LogP contribution < -0.4 is 15.4 Å². The highest BCUT2D eigenvalue weighted by molar-refractivity contribution is 6.04. The molecule has 1 amide bonds. The number of ether oxygens (including phenoxy) is 2. The van der Waals surface area contributed by atoms with Gasteiger partial charge in [-0.3, -0.25) is 9.59 Å². The molecule has 0 spiro atoms. The minimum atomic E-state index is -0.925. The molecule has 0 saturated carbocycles. The van der Waals surface area contributed by atoms with Gasteiger partial charge in [0.25, 0.3) is 5.91 Å². The molecule has 1 aliphatic heterocycles. The summed E-state index contributed by atoms with van der Waals surface area (Å²) in [5, 5.41) is 14.9. The Morgan fingerprint density at radius 1 is 1.19 bits per heavy atom. The van der Waals surface area contributed by atoms with Crippen LogP contribution in [-0.4, -0.2) is 36.2 Å². The normalized spacial score (nSPS) is 15.3. The van der Waals surface area contributed by atoms with Crippen molar-refractivity contribution in [1.29, 1.82) is 0 Å². The Hall–Kier alpha value is -4.00. The number of carboxylic acid groups (broad SMARTS) is 1. The summed E-state index contributed by atoms with van der Waals surface area (Å²) in [5.74, 6) is 0.0273. The Balaban J connectivity index is 1.55. The molecular formula is C24H24N2O5. The van der Waals surface area contributed by atoms with Gasteiger partial charge in [-0.15, -0.1) is 0 Å². The zero-order chi connectivity index (χ0) is 22.2. The second-order valence-corrected chi connectivity index (χ2v) is 6.87. The van der Waals surface area contributed by atoms with Crippen molar-refractivity contribution in [3.05, 3.63) is 96.4 Å². The fraction of sp³-hybridized carbons (Fsp3) is 0.167. The predicted molar refractivity (Wildman–Crippen MR) is 118 cm³/mol. The highest BCUT2D eigenvalue weighted by atomic mass is 16.5. The molecule has 2 aromatic carbocycles. The number of benzene rings is 2. The first-order chi connectivity index (χ1) is 15.0. The van der Waals surface area contributed by atoms with E-state index >= 15 is 0 Å². The summed E-state index contributed by atoms with van der Waals surface area (Å²) in [5.41, 5.74) is 2.41. The molecule has 0 aromatic heterocycles. The molecule has 3 N–H and O–H groups in total. The van der Waals surface area contributed by atoms with E-state index in [0.717, 1.165) is 5.70 Å². The second kappa shape index (κ2) is 10.2. The Kier molecular flexibility index (Phi) is 7.11. The molecule has 1 atom stereocenters. The van der Waals surface area contributed by atoms with Crippen LogP contribution in [0.15, 0.2) is 85.3 Å². The lowest BCUT2D eigenvalue weighted by Crippen LogP contribution is -2.37. The molecule has 1 heterocycles. The van der Waals surface area contributed by atoms with E-state index in [9.17, 15) is 9.59 Å². The van der Waals surface area contributed by atoms with Crippen molar-refractivity contribution in [2.75, 3.05) is 18.5 Å². The first-order valence-electron chi connectivity index (χ1n) is 9.73. The minimum absolute atomic E-state index is 0.102. The molecule has 0 aliphatic carbocycles. The average molecular weight is 420 g/mol. The summed E-state index contributed by atoms with van der Waals surface area (Å²) in [4.78, 5) is 23.3. The SMILES string of the molecule is C=CC1=C(C=C)OC(COc2ccc(C(=O)Nc3cccc(CC(=O)O)c3)cc2)CN1. The summed E-state index contributed by atoms with van der Waals surface area (Å²) >= 11 is 0. The largest absolute Gasteiger partial charge is 0.490 e. The van der Waals surface area contributed by atoms with Gasteiger partial charge < -0.3 is 25.2 Å². The second-order valence-electron chi connectivity index (χ2n) is 6.87. The topological polar surface area (TPSA) is 96.9 Å². The van der Waals surface area contributed by atoms with Gasteiger partial charge in [-0.25, -0.2) is 0 Å². The Bertz CT molecular complexity index is 1010. The van der Waals surface area contributed by atoms with Gasteiger partial charge in [0.1, 0.15) is 24.2 Å². The molecule has 0 radical (unpaired) electrons. The number of nitrogens with one attached hydrogen (secondary N) is 2. The van der Waals surface area contributed by atoms with Crippen LogP contribution >= 0.6 is 0 Å². The van der Waals surface area contributed by atoms with Gasteiger partial charge in [0, 0.05) is 11.3 Å². The number of hydrogen-bond acceptors (Lipinski definition) is 5. The number of amides is 1. The van der Waals surface area contributed by atoms with Crippen molar-refractivity contribution < 1.29 is 24.2 Å². The molecule has 160 valence electrons. The molecule has 1 aliphatic rings. The summed E-state index contributed by atoms with van der Waals surface area (Å²) in [6.07, 6.45) is 3.02. The number of rotatable bonds is 9. The van der Waals surface area contributed by atoms with Crippen molar-refractivity contribution in [1.82, 2.24) is 5.32 Å².